The molecule has 23 heavy (non-hydrogen) atoms. The molecule has 0 unspecified atom stereocenters. The van der Waals surface area contributed by atoms with Gasteiger partial charge in [-0.05, 0) is 24.6 Å². The largest absolute Gasteiger partial charge is 0.416 e. The zero-order chi connectivity index (χ0) is 17.3. The molecule has 2 aromatic rings. The Morgan fingerprint density at radius 2 is 1.87 bits per heavy atom. The lowest BCUT2D eigenvalue weighted by Gasteiger charge is -2.10. The van der Waals surface area contributed by atoms with Crippen LogP contribution in [0.5, 0.6) is 5.88 Å². The van der Waals surface area contributed by atoms with E-state index in [2.05, 4.69) is 41.7 Å². The summed E-state index contributed by atoms with van der Waals surface area (Å²) in [6, 6.07) is 3.22. The van der Waals surface area contributed by atoms with Gasteiger partial charge in [-0.3, -0.25) is 0 Å². The molecule has 0 fully saturated rings. The lowest BCUT2D eigenvalue weighted by Crippen LogP contribution is -2.08. The van der Waals surface area contributed by atoms with E-state index in [0.717, 1.165) is 0 Å². The van der Waals surface area contributed by atoms with Gasteiger partial charge in [-0.1, -0.05) is 66.7 Å². The maximum atomic E-state index is 12.6. The topological polar surface area (TPSA) is 27.1 Å². The van der Waals surface area contributed by atoms with Crippen molar-refractivity contribution in [2.45, 2.75) is 23.8 Å². The molecule has 0 amide bonds. The molecule has 0 saturated heterocycles. The minimum absolute atomic E-state index is 0.0389. The lowest BCUT2D eigenvalue weighted by molar-refractivity contribution is -0.0556. The van der Waals surface area contributed by atoms with Gasteiger partial charge in [0.05, 0.1) is 8.76 Å². The summed E-state index contributed by atoms with van der Waals surface area (Å²) < 4.78 is 30.6. The van der Waals surface area contributed by atoms with Crippen LogP contribution in [0.15, 0.2) is 12.1 Å². The summed E-state index contributed by atoms with van der Waals surface area (Å²) in [5, 5.41) is 4.91. The first-order valence-corrected chi connectivity index (χ1v) is 9.21. The standard InChI is InChI=1S/C13H9Br2Cl3F2N2O/c1-2-22-12(23-13(19)20)9(18)10(21-22)5-3-6(11(14)15)8(17)4-7(5)16/h3-4,11,13H,2H2,1H3. The van der Waals surface area contributed by atoms with Crippen LogP contribution in [0, 0.1) is 0 Å². The molecule has 0 bridgehead atoms. The molecular weight excluding hydrogens is 504 g/mol. The van der Waals surface area contributed by atoms with Gasteiger partial charge in [-0.2, -0.15) is 13.9 Å². The van der Waals surface area contributed by atoms with Crippen LogP contribution in [0.1, 0.15) is 16.2 Å². The highest BCUT2D eigenvalue weighted by atomic mass is 79.9. The number of aryl methyl sites for hydroxylation is 1. The highest BCUT2D eigenvalue weighted by Gasteiger charge is 2.24. The molecule has 0 spiro atoms. The smallest absolute Gasteiger partial charge is 0.388 e. The predicted octanol–water partition coefficient (Wildman–Crippen LogP) is 6.92. The van der Waals surface area contributed by atoms with E-state index in [1.165, 1.54) is 10.7 Å². The minimum Gasteiger partial charge on any atom is -0.416 e. The van der Waals surface area contributed by atoms with Crippen molar-refractivity contribution in [1.29, 1.82) is 0 Å². The second-order valence-corrected chi connectivity index (χ2v) is 8.57. The summed E-state index contributed by atoms with van der Waals surface area (Å²) in [5.41, 5.74) is 1.41. The van der Waals surface area contributed by atoms with Crippen LogP contribution in [-0.4, -0.2) is 16.4 Å². The predicted molar refractivity (Wildman–Crippen MR) is 95.6 cm³/mol. The summed E-state index contributed by atoms with van der Waals surface area (Å²) in [4.78, 5) is 0. The van der Waals surface area contributed by atoms with Crippen molar-refractivity contribution in [2.75, 3.05) is 0 Å². The van der Waals surface area contributed by atoms with Crippen LogP contribution in [0.3, 0.4) is 0 Å². The van der Waals surface area contributed by atoms with Gasteiger partial charge in [0.2, 0.25) is 5.88 Å². The number of halogens is 7. The molecule has 1 aromatic heterocycles. The zero-order valence-electron chi connectivity index (χ0n) is 11.5. The van der Waals surface area contributed by atoms with Crippen LogP contribution in [0.4, 0.5) is 8.78 Å². The third-order valence-electron chi connectivity index (χ3n) is 2.93. The summed E-state index contributed by atoms with van der Waals surface area (Å²) in [5.74, 6) is -0.207. The normalized spacial score (nSPS) is 11.6. The first-order chi connectivity index (χ1) is 10.8. The molecule has 2 rings (SSSR count). The van der Waals surface area contributed by atoms with Gasteiger partial charge in [0.15, 0.2) is 0 Å². The van der Waals surface area contributed by atoms with Gasteiger partial charge >= 0.3 is 6.61 Å². The van der Waals surface area contributed by atoms with Crippen LogP contribution in [0.2, 0.25) is 15.1 Å². The van der Waals surface area contributed by atoms with E-state index in [0.29, 0.717) is 27.7 Å². The molecule has 0 radical (unpaired) electrons. The van der Waals surface area contributed by atoms with E-state index in [-0.39, 0.29) is 20.3 Å². The Morgan fingerprint density at radius 3 is 2.39 bits per heavy atom. The fraction of sp³-hybridized carbons (Fsp3) is 0.308. The number of benzene rings is 1. The molecule has 1 heterocycles. The third kappa shape index (κ3) is 4.12. The van der Waals surface area contributed by atoms with Crippen molar-refractivity contribution < 1.29 is 13.5 Å². The Hall–Kier alpha value is -0.0800. The third-order valence-corrected chi connectivity index (χ3v) is 4.89. The number of ether oxygens (including phenoxy) is 1. The molecule has 0 saturated carbocycles. The number of hydrogen-bond donors (Lipinski definition) is 0. The average Bonchev–Trinajstić information content (AvgIpc) is 2.75. The van der Waals surface area contributed by atoms with E-state index >= 15 is 0 Å². The number of nitrogens with zero attached hydrogens (tertiary/aromatic N) is 2. The SMILES string of the molecule is CCn1nc(-c2cc(C(Br)Br)c(Cl)cc2Cl)c(Cl)c1OC(F)F. The monoisotopic (exact) mass is 510 g/mol. The van der Waals surface area contributed by atoms with Gasteiger partial charge in [0.25, 0.3) is 0 Å². The van der Waals surface area contributed by atoms with E-state index in [4.69, 9.17) is 34.8 Å². The number of alkyl halides is 4. The fourth-order valence-electron chi connectivity index (χ4n) is 1.92. The molecule has 1 aromatic carbocycles. The van der Waals surface area contributed by atoms with Crippen molar-refractivity contribution >= 4 is 66.7 Å². The van der Waals surface area contributed by atoms with E-state index in [9.17, 15) is 8.78 Å². The number of hydrogen-bond acceptors (Lipinski definition) is 2. The number of rotatable bonds is 5. The second kappa shape index (κ2) is 7.87. The summed E-state index contributed by atoms with van der Waals surface area (Å²) >= 11 is 25.2. The highest BCUT2D eigenvalue weighted by Crippen LogP contribution is 2.43. The fourth-order valence-corrected chi connectivity index (χ4v) is 3.81. The van der Waals surface area contributed by atoms with Gasteiger partial charge in [0.1, 0.15) is 10.7 Å². The lowest BCUT2D eigenvalue weighted by atomic mass is 10.1. The molecule has 3 nitrogen and oxygen atoms in total. The maximum absolute atomic E-state index is 12.6. The van der Waals surface area contributed by atoms with Gasteiger partial charge in [-0.15, -0.1) is 0 Å². The quantitative estimate of drug-likeness (QED) is 0.406. The maximum Gasteiger partial charge on any atom is 0.388 e. The van der Waals surface area contributed by atoms with Crippen molar-refractivity contribution in [2.24, 2.45) is 0 Å². The van der Waals surface area contributed by atoms with Crippen molar-refractivity contribution in [3.05, 3.63) is 32.8 Å². The Labute approximate surface area is 163 Å². The number of aromatic nitrogens is 2. The zero-order valence-corrected chi connectivity index (χ0v) is 16.9. The summed E-state index contributed by atoms with van der Waals surface area (Å²) in [6.45, 7) is -0.972. The molecular formula is C13H9Br2Cl3F2N2O. The Kier molecular flexibility index (Phi) is 6.58. The van der Waals surface area contributed by atoms with Crippen LogP contribution in [0.25, 0.3) is 11.3 Å². The molecule has 126 valence electrons. The molecule has 0 atom stereocenters. The minimum atomic E-state index is -3.01. The first-order valence-electron chi connectivity index (χ1n) is 6.24. The Morgan fingerprint density at radius 1 is 1.22 bits per heavy atom. The van der Waals surface area contributed by atoms with Gasteiger partial charge in [-0.25, -0.2) is 4.68 Å². The van der Waals surface area contributed by atoms with Gasteiger partial charge < -0.3 is 4.74 Å². The molecule has 0 aliphatic heterocycles. The van der Waals surface area contributed by atoms with Crippen molar-refractivity contribution in [3.8, 4) is 17.1 Å². The Balaban J connectivity index is 2.63. The van der Waals surface area contributed by atoms with Crippen LogP contribution in [-0.2, 0) is 6.54 Å². The molecule has 0 aliphatic rings. The van der Waals surface area contributed by atoms with Crippen LogP contribution >= 0.6 is 66.7 Å². The molecule has 10 heteroatoms. The average molecular weight is 513 g/mol. The molecule has 0 aliphatic carbocycles. The second-order valence-electron chi connectivity index (χ2n) is 4.32. The van der Waals surface area contributed by atoms with Crippen molar-refractivity contribution in [1.82, 2.24) is 9.78 Å². The van der Waals surface area contributed by atoms with Gasteiger partial charge in [0, 0.05) is 17.1 Å². The summed E-state index contributed by atoms with van der Waals surface area (Å²) in [7, 11) is 0. The van der Waals surface area contributed by atoms with E-state index in [1.54, 1.807) is 13.0 Å². The van der Waals surface area contributed by atoms with Crippen molar-refractivity contribution in [3.63, 3.8) is 0 Å². The Bertz CT molecular complexity index is 726. The molecule has 0 N–H and O–H groups in total. The summed E-state index contributed by atoms with van der Waals surface area (Å²) in [6.07, 6.45) is 0. The first kappa shape index (κ1) is 19.2. The van der Waals surface area contributed by atoms with E-state index < -0.39 is 6.61 Å². The van der Waals surface area contributed by atoms with E-state index in [1.807, 2.05) is 0 Å². The highest BCUT2D eigenvalue weighted by molar-refractivity contribution is 9.24. The van der Waals surface area contributed by atoms with Crippen LogP contribution < -0.4 is 4.74 Å².